The number of carboxylic acid groups (broad SMARTS) is 1. The highest BCUT2D eigenvalue weighted by atomic mass is 32.2. The quantitative estimate of drug-likeness (QED) is 0.755. The van der Waals surface area contributed by atoms with Crippen LogP contribution in [0.5, 0.6) is 0 Å². The average Bonchev–Trinajstić information content (AvgIpc) is 2.14. The standard InChI is InChI=1S/C8H9NO4S2/c9-15(12,13)7-3-1-6(2-4-7)14-5-8(10)11/h1-4H,5H2,(H,10,11)(H2,9,12,13). The Morgan fingerprint density at radius 2 is 1.87 bits per heavy atom. The second-order valence-corrected chi connectivity index (χ2v) is 5.31. The predicted octanol–water partition coefficient (Wildman–Crippen LogP) is 0.511. The van der Waals surface area contributed by atoms with Crippen LogP contribution in [0, 0.1) is 0 Å². The molecular formula is C8H9NO4S2. The van der Waals surface area contributed by atoms with E-state index in [1.807, 2.05) is 0 Å². The smallest absolute Gasteiger partial charge is 0.313 e. The number of aliphatic carboxylic acids is 1. The predicted molar refractivity (Wildman–Crippen MR) is 56.2 cm³/mol. The molecule has 5 nitrogen and oxygen atoms in total. The van der Waals surface area contributed by atoms with Crippen LogP contribution in [-0.4, -0.2) is 25.2 Å². The third kappa shape index (κ3) is 3.90. The van der Waals surface area contributed by atoms with E-state index in [2.05, 4.69) is 0 Å². The zero-order valence-corrected chi connectivity index (χ0v) is 9.22. The van der Waals surface area contributed by atoms with Crippen molar-refractivity contribution in [3.8, 4) is 0 Å². The lowest BCUT2D eigenvalue weighted by Gasteiger charge is -2.00. The fourth-order valence-electron chi connectivity index (χ4n) is 0.871. The van der Waals surface area contributed by atoms with E-state index in [0.29, 0.717) is 4.90 Å². The van der Waals surface area contributed by atoms with Gasteiger partial charge in [-0.05, 0) is 24.3 Å². The monoisotopic (exact) mass is 247 g/mol. The molecule has 0 spiro atoms. The number of nitrogens with two attached hydrogens (primary N) is 1. The highest BCUT2D eigenvalue weighted by molar-refractivity contribution is 8.00. The van der Waals surface area contributed by atoms with Gasteiger partial charge in [-0.3, -0.25) is 4.79 Å². The lowest BCUT2D eigenvalue weighted by molar-refractivity contribution is -0.133. The van der Waals surface area contributed by atoms with Crippen LogP contribution in [0.3, 0.4) is 0 Å². The van der Waals surface area contributed by atoms with E-state index < -0.39 is 16.0 Å². The Kier molecular flexibility index (Phi) is 3.72. The molecule has 0 amide bonds. The number of thioether (sulfide) groups is 1. The summed E-state index contributed by atoms with van der Waals surface area (Å²) in [5, 5.41) is 13.3. The highest BCUT2D eigenvalue weighted by Crippen LogP contribution is 2.19. The van der Waals surface area contributed by atoms with Crippen molar-refractivity contribution in [1.29, 1.82) is 0 Å². The van der Waals surface area contributed by atoms with Gasteiger partial charge < -0.3 is 5.11 Å². The molecule has 0 radical (unpaired) electrons. The summed E-state index contributed by atoms with van der Waals surface area (Å²) in [4.78, 5) is 11.0. The van der Waals surface area contributed by atoms with E-state index in [0.717, 1.165) is 11.8 Å². The van der Waals surface area contributed by atoms with Gasteiger partial charge in [0.2, 0.25) is 10.0 Å². The van der Waals surface area contributed by atoms with Crippen LogP contribution in [0.25, 0.3) is 0 Å². The van der Waals surface area contributed by atoms with Gasteiger partial charge in [0.15, 0.2) is 0 Å². The Balaban J connectivity index is 2.77. The van der Waals surface area contributed by atoms with Crippen LogP contribution in [0.15, 0.2) is 34.1 Å². The van der Waals surface area contributed by atoms with E-state index in [1.165, 1.54) is 24.3 Å². The maximum absolute atomic E-state index is 10.9. The van der Waals surface area contributed by atoms with Crippen molar-refractivity contribution in [3.63, 3.8) is 0 Å². The molecule has 1 aromatic rings. The van der Waals surface area contributed by atoms with Gasteiger partial charge in [-0.2, -0.15) is 0 Å². The fraction of sp³-hybridized carbons (Fsp3) is 0.125. The minimum Gasteiger partial charge on any atom is -0.481 e. The molecule has 1 rings (SSSR count). The Bertz CT molecular complexity index is 452. The summed E-state index contributed by atoms with van der Waals surface area (Å²) >= 11 is 1.11. The number of carbonyl (C=O) groups is 1. The number of carboxylic acids is 1. The van der Waals surface area contributed by atoms with Crippen LogP contribution in [-0.2, 0) is 14.8 Å². The SMILES string of the molecule is NS(=O)(=O)c1ccc(SCC(=O)O)cc1. The van der Waals surface area contributed by atoms with Crippen LogP contribution >= 0.6 is 11.8 Å². The van der Waals surface area contributed by atoms with Gasteiger partial charge in [-0.15, -0.1) is 11.8 Å². The maximum atomic E-state index is 10.9. The summed E-state index contributed by atoms with van der Waals surface area (Å²) in [6, 6.07) is 5.74. The first-order valence-corrected chi connectivity index (χ1v) is 6.40. The Hall–Kier alpha value is -1.05. The first kappa shape index (κ1) is 12.0. The summed E-state index contributed by atoms with van der Waals surface area (Å²) in [5.74, 6) is -0.982. The highest BCUT2D eigenvalue weighted by Gasteiger charge is 2.07. The summed E-state index contributed by atoms with van der Waals surface area (Å²) in [6.45, 7) is 0. The normalized spacial score (nSPS) is 11.3. The summed E-state index contributed by atoms with van der Waals surface area (Å²) in [7, 11) is -3.68. The average molecular weight is 247 g/mol. The largest absolute Gasteiger partial charge is 0.481 e. The molecule has 3 N–H and O–H groups in total. The molecule has 1 aromatic carbocycles. The molecule has 0 aliphatic rings. The van der Waals surface area contributed by atoms with Gasteiger partial charge in [0.05, 0.1) is 10.6 Å². The molecule has 0 heterocycles. The number of hydrogen-bond acceptors (Lipinski definition) is 4. The molecular weight excluding hydrogens is 238 g/mol. The Morgan fingerprint density at radius 3 is 2.27 bits per heavy atom. The molecule has 0 saturated carbocycles. The van der Waals surface area contributed by atoms with Crippen LogP contribution in [0.1, 0.15) is 0 Å². The zero-order chi connectivity index (χ0) is 11.5. The van der Waals surface area contributed by atoms with Crippen molar-refractivity contribution in [3.05, 3.63) is 24.3 Å². The van der Waals surface area contributed by atoms with Gasteiger partial charge in [-0.1, -0.05) is 0 Å². The zero-order valence-electron chi connectivity index (χ0n) is 7.58. The second kappa shape index (κ2) is 4.65. The number of benzene rings is 1. The maximum Gasteiger partial charge on any atom is 0.313 e. The molecule has 0 bridgehead atoms. The first-order valence-electron chi connectivity index (χ1n) is 3.87. The summed E-state index contributed by atoms with van der Waals surface area (Å²) < 4.78 is 21.8. The van der Waals surface area contributed by atoms with Gasteiger partial charge in [-0.25, -0.2) is 13.6 Å². The molecule has 0 unspecified atom stereocenters. The number of rotatable bonds is 4. The lowest BCUT2D eigenvalue weighted by Crippen LogP contribution is -2.11. The molecule has 0 fully saturated rings. The molecule has 0 aliphatic carbocycles. The molecule has 82 valence electrons. The topological polar surface area (TPSA) is 97.5 Å². The Labute approximate surface area is 91.3 Å². The van der Waals surface area contributed by atoms with Crippen molar-refractivity contribution in [2.24, 2.45) is 5.14 Å². The summed E-state index contributed by atoms with van der Waals surface area (Å²) in [6.07, 6.45) is 0. The second-order valence-electron chi connectivity index (χ2n) is 2.70. The van der Waals surface area contributed by atoms with Crippen molar-refractivity contribution in [1.82, 2.24) is 0 Å². The molecule has 0 aliphatic heterocycles. The molecule has 0 aromatic heterocycles. The van der Waals surface area contributed by atoms with Crippen LogP contribution in [0.4, 0.5) is 0 Å². The molecule has 0 saturated heterocycles. The van der Waals surface area contributed by atoms with E-state index >= 15 is 0 Å². The van der Waals surface area contributed by atoms with Crippen molar-refractivity contribution in [2.75, 3.05) is 5.75 Å². The van der Waals surface area contributed by atoms with E-state index in [9.17, 15) is 13.2 Å². The third-order valence-electron chi connectivity index (χ3n) is 1.51. The number of primary sulfonamides is 1. The molecule has 15 heavy (non-hydrogen) atoms. The lowest BCUT2D eigenvalue weighted by atomic mass is 10.4. The van der Waals surface area contributed by atoms with Crippen LogP contribution in [0.2, 0.25) is 0 Å². The van der Waals surface area contributed by atoms with Crippen molar-refractivity contribution >= 4 is 27.8 Å². The number of hydrogen-bond donors (Lipinski definition) is 2. The summed E-state index contributed by atoms with van der Waals surface area (Å²) in [5.41, 5.74) is 0. The van der Waals surface area contributed by atoms with Gasteiger partial charge in [0.1, 0.15) is 0 Å². The van der Waals surface area contributed by atoms with Crippen molar-refractivity contribution in [2.45, 2.75) is 9.79 Å². The van der Waals surface area contributed by atoms with Gasteiger partial charge in [0.25, 0.3) is 0 Å². The number of sulfonamides is 1. The van der Waals surface area contributed by atoms with E-state index in [1.54, 1.807) is 0 Å². The first-order chi connectivity index (χ1) is 6.89. The molecule has 0 atom stereocenters. The third-order valence-corrected chi connectivity index (χ3v) is 3.44. The van der Waals surface area contributed by atoms with Crippen LogP contribution < -0.4 is 5.14 Å². The minimum atomic E-state index is -3.68. The van der Waals surface area contributed by atoms with Gasteiger partial charge in [0, 0.05) is 4.90 Å². The van der Waals surface area contributed by atoms with E-state index in [-0.39, 0.29) is 10.6 Å². The fourth-order valence-corrected chi connectivity index (χ4v) is 2.00. The minimum absolute atomic E-state index is 0.0159. The van der Waals surface area contributed by atoms with Gasteiger partial charge >= 0.3 is 5.97 Å². The Morgan fingerprint density at radius 1 is 1.33 bits per heavy atom. The molecule has 7 heteroatoms. The van der Waals surface area contributed by atoms with E-state index in [4.69, 9.17) is 10.2 Å². The van der Waals surface area contributed by atoms with Crippen molar-refractivity contribution < 1.29 is 18.3 Å².